The van der Waals surface area contributed by atoms with E-state index in [9.17, 15) is 4.79 Å². The monoisotopic (exact) mass is 284 g/mol. The highest BCUT2D eigenvalue weighted by atomic mass is 16.2. The Bertz CT molecular complexity index is 661. The minimum atomic E-state index is -0.0566. The summed E-state index contributed by atoms with van der Waals surface area (Å²) in [5.41, 5.74) is 4.70. The topological polar surface area (TPSA) is 60.5 Å². The lowest BCUT2D eigenvalue weighted by Crippen LogP contribution is -2.46. The number of piperidine rings is 1. The fourth-order valence-electron chi connectivity index (χ4n) is 2.85. The van der Waals surface area contributed by atoms with Gasteiger partial charge in [0.1, 0.15) is 0 Å². The molecule has 1 aliphatic heterocycles. The molecule has 0 bridgehead atoms. The van der Waals surface area contributed by atoms with Crippen LogP contribution in [0.4, 0.5) is 0 Å². The van der Waals surface area contributed by atoms with Crippen LogP contribution in [0.15, 0.2) is 35.6 Å². The van der Waals surface area contributed by atoms with Gasteiger partial charge in [-0.15, -0.1) is 0 Å². The molecule has 0 unspecified atom stereocenters. The Morgan fingerprint density at radius 2 is 2.29 bits per heavy atom. The number of para-hydroxylation sites is 1. The van der Waals surface area contributed by atoms with Crippen molar-refractivity contribution in [2.24, 2.45) is 5.10 Å². The number of hydrazone groups is 1. The highest BCUT2D eigenvalue weighted by Gasteiger charge is 2.25. The smallest absolute Gasteiger partial charge is 0.257 e. The van der Waals surface area contributed by atoms with Crippen molar-refractivity contribution in [2.45, 2.75) is 25.3 Å². The number of hydrogen-bond donors (Lipinski definition) is 2. The van der Waals surface area contributed by atoms with Crippen molar-refractivity contribution in [1.29, 1.82) is 0 Å². The van der Waals surface area contributed by atoms with E-state index in [1.165, 1.54) is 6.42 Å². The van der Waals surface area contributed by atoms with Gasteiger partial charge in [-0.3, -0.25) is 9.69 Å². The maximum atomic E-state index is 12.1. The Morgan fingerprint density at radius 1 is 1.43 bits per heavy atom. The Balaban J connectivity index is 1.65. The third-order valence-corrected chi connectivity index (χ3v) is 4.07. The molecule has 2 aromatic rings. The van der Waals surface area contributed by atoms with E-state index in [1.807, 2.05) is 37.5 Å². The van der Waals surface area contributed by atoms with E-state index >= 15 is 0 Å². The Labute approximate surface area is 124 Å². The molecule has 1 atom stereocenters. The Morgan fingerprint density at radius 3 is 3.14 bits per heavy atom. The first-order chi connectivity index (χ1) is 10.3. The molecule has 1 amide bonds. The summed E-state index contributed by atoms with van der Waals surface area (Å²) in [6.45, 7) is 0.976. The molecule has 3 rings (SSSR count). The van der Waals surface area contributed by atoms with E-state index in [0.717, 1.165) is 35.9 Å². The molecule has 1 aliphatic rings. The molecular weight excluding hydrogens is 264 g/mol. The number of amides is 1. The maximum absolute atomic E-state index is 12.1. The molecule has 21 heavy (non-hydrogen) atoms. The van der Waals surface area contributed by atoms with Crippen LogP contribution in [0.1, 0.15) is 24.8 Å². The summed E-state index contributed by atoms with van der Waals surface area (Å²) in [5.74, 6) is -0.0201. The van der Waals surface area contributed by atoms with E-state index in [2.05, 4.69) is 20.4 Å². The van der Waals surface area contributed by atoms with E-state index < -0.39 is 0 Å². The van der Waals surface area contributed by atoms with Gasteiger partial charge in [0.15, 0.2) is 0 Å². The number of likely N-dealkylation sites (N-methyl/N-ethyl adjacent to an activating group) is 1. The minimum Gasteiger partial charge on any atom is -0.361 e. The van der Waals surface area contributed by atoms with Crippen LogP contribution in [0.2, 0.25) is 0 Å². The zero-order valence-electron chi connectivity index (χ0n) is 12.2. The van der Waals surface area contributed by atoms with Crippen LogP contribution in [-0.2, 0) is 4.79 Å². The van der Waals surface area contributed by atoms with Crippen LogP contribution in [-0.4, -0.2) is 41.6 Å². The molecule has 1 aromatic heterocycles. The fraction of sp³-hybridized carbons (Fsp3) is 0.375. The molecule has 1 fully saturated rings. The molecule has 5 heteroatoms. The van der Waals surface area contributed by atoms with E-state index in [1.54, 1.807) is 6.21 Å². The quantitative estimate of drug-likeness (QED) is 0.670. The van der Waals surface area contributed by atoms with Gasteiger partial charge in [0.05, 0.1) is 12.3 Å². The Hall–Kier alpha value is -2.14. The maximum Gasteiger partial charge on any atom is 0.257 e. The van der Waals surface area contributed by atoms with Crippen LogP contribution < -0.4 is 5.43 Å². The molecule has 1 saturated heterocycles. The summed E-state index contributed by atoms with van der Waals surface area (Å²) >= 11 is 0. The number of carbonyl (C=O) groups excluding carboxylic acids is 1. The van der Waals surface area contributed by atoms with Crippen molar-refractivity contribution in [3.8, 4) is 0 Å². The minimum absolute atomic E-state index is 0.0201. The molecule has 5 nitrogen and oxygen atoms in total. The van der Waals surface area contributed by atoms with Gasteiger partial charge in [0, 0.05) is 22.7 Å². The summed E-state index contributed by atoms with van der Waals surface area (Å²) in [5, 5.41) is 5.20. The highest BCUT2D eigenvalue weighted by Crippen LogP contribution is 2.16. The van der Waals surface area contributed by atoms with Gasteiger partial charge in [-0.25, -0.2) is 5.43 Å². The highest BCUT2D eigenvalue weighted by molar-refractivity contribution is 5.99. The first kappa shape index (κ1) is 13.8. The largest absolute Gasteiger partial charge is 0.361 e. The zero-order chi connectivity index (χ0) is 14.7. The summed E-state index contributed by atoms with van der Waals surface area (Å²) in [4.78, 5) is 17.4. The standard InChI is InChI=1S/C16H20N4O/c1-20-9-5-4-8-15(20)16(21)19-18-11-12-10-17-14-7-3-2-6-13(12)14/h2-3,6-7,10-11,15,17H,4-5,8-9H2,1H3,(H,19,21)/b18-11+/t15-/m0/s1. The first-order valence-electron chi connectivity index (χ1n) is 7.35. The van der Waals surface area contributed by atoms with Crippen molar-refractivity contribution >= 4 is 23.0 Å². The third-order valence-electron chi connectivity index (χ3n) is 4.07. The molecule has 0 aliphatic carbocycles. The molecule has 0 radical (unpaired) electrons. The third kappa shape index (κ3) is 2.97. The predicted molar refractivity (Wildman–Crippen MR) is 84.3 cm³/mol. The Kier molecular flexibility index (Phi) is 4.01. The van der Waals surface area contributed by atoms with Crippen LogP contribution in [0, 0.1) is 0 Å². The van der Waals surface area contributed by atoms with Gasteiger partial charge in [0.25, 0.3) is 5.91 Å². The number of aromatic nitrogens is 1. The van der Waals surface area contributed by atoms with E-state index in [-0.39, 0.29) is 11.9 Å². The number of aromatic amines is 1. The van der Waals surface area contributed by atoms with E-state index in [4.69, 9.17) is 0 Å². The molecular formula is C16H20N4O. The van der Waals surface area contributed by atoms with Crippen LogP contribution in [0.5, 0.6) is 0 Å². The SMILES string of the molecule is CN1CCCC[C@H]1C(=O)N/N=C/c1c[nH]c2ccccc12. The molecule has 0 saturated carbocycles. The van der Waals surface area contributed by atoms with Gasteiger partial charge in [0.2, 0.25) is 0 Å². The van der Waals surface area contributed by atoms with Crippen molar-refractivity contribution in [3.05, 3.63) is 36.0 Å². The molecule has 1 aromatic carbocycles. The van der Waals surface area contributed by atoms with Gasteiger partial charge >= 0.3 is 0 Å². The number of rotatable bonds is 3. The van der Waals surface area contributed by atoms with Gasteiger partial charge in [-0.1, -0.05) is 24.6 Å². The number of fused-ring (bicyclic) bond motifs is 1. The van der Waals surface area contributed by atoms with Crippen molar-refractivity contribution < 1.29 is 4.79 Å². The van der Waals surface area contributed by atoms with Gasteiger partial charge in [-0.05, 0) is 32.5 Å². The molecule has 2 heterocycles. The number of likely N-dealkylation sites (tertiary alicyclic amines) is 1. The number of benzene rings is 1. The average molecular weight is 284 g/mol. The van der Waals surface area contributed by atoms with Crippen LogP contribution in [0.3, 0.4) is 0 Å². The number of nitrogens with one attached hydrogen (secondary N) is 2. The lowest BCUT2D eigenvalue weighted by atomic mass is 10.0. The number of hydrogen-bond acceptors (Lipinski definition) is 3. The van der Waals surface area contributed by atoms with Crippen molar-refractivity contribution in [2.75, 3.05) is 13.6 Å². The van der Waals surface area contributed by atoms with Crippen molar-refractivity contribution in [1.82, 2.24) is 15.3 Å². The summed E-state index contributed by atoms with van der Waals surface area (Å²) in [6, 6.07) is 7.97. The summed E-state index contributed by atoms with van der Waals surface area (Å²) in [6.07, 6.45) is 6.77. The lowest BCUT2D eigenvalue weighted by molar-refractivity contribution is -0.126. The second kappa shape index (κ2) is 6.10. The first-order valence-corrected chi connectivity index (χ1v) is 7.35. The number of H-pyrrole nitrogens is 1. The van der Waals surface area contributed by atoms with Gasteiger partial charge < -0.3 is 4.98 Å². The second-order valence-corrected chi connectivity index (χ2v) is 5.52. The normalized spacial score (nSPS) is 20.1. The van der Waals surface area contributed by atoms with Gasteiger partial charge in [-0.2, -0.15) is 5.10 Å². The van der Waals surface area contributed by atoms with E-state index in [0.29, 0.717) is 0 Å². The number of nitrogens with zero attached hydrogens (tertiary/aromatic N) is 2. The van der Waals surface area contributed by atoms with Crippen molar-refractivity contribution in [3.63, 3.8) is 0 Å². The second-order valence-electron chi connectivity index (χ2n) is 5.52. The fourth-order valence-corrected chi connectivity index (χ4v) is 2.85. The van der Waals surface area contributed by atoms with Crippen LogP contribution >= 0.6 is 0 Å². The summed E-state index contributed by atoms with van der Waals surface area (Å²) in [7, 11) is 1.99. The molecule has 2 N–H and O–H groups in total. The molecule has 110 valence electrons. The average Bonchev–Trinajstić information content (AvgIpc) is 2.91. The predicted octanol–water partition coefficient (Wildman–Crippen LogP) is 2.10. The zero-order valence-corrected chi connectivity index (χ0v) is 12.2. The molecule has 0 spiro atoms. The lowest BCUT2D eigenvalue weighted by Gasteiger charge is -2.30. The number of carbonyl (C=O) groups is 1. The summed E-state index contributed by atoms with van der Waals surface area (Å²) < 4.78 is 0. The van der Waals surface area contributed by atoms with Crippen LogP contribution in [0.25, 0.3) is 10.9 Å².